The lowest BCUT2D eigenvalue weighted by molar-refractivity contribution is 0.0249. The second-order valence-corrected chi connectivity index (χ2v) is 6.14. The minimum absolute atomic E-state index is 0.0588. The maximum atomic E-state index is 10.1. The van der Waals surface area contributed by atoms with Crippen LogP contribution < -0.4 is 5.32 Å². The summed E-state index contributed by atoms with van der Waals surface area (Å²) in [6.07, 6.45) is 10.1. The Morgan fingerprint density at radius 1 is 1.00 bits per heavy atom. The van der Waals surface area contributed by atoms with Crippen LogP contribution in [0.15, 0.2) is 0 Å². The van der Waals surface area contributed by atoms with E-state index in [2.05, 4.69) is 10.2 Å². The van der Waals surface area contributed by atoms with Gasteiger partial charge >= 0.3 is 0 Å². The van der Waals surface area contributed by atoms with Gasteiger partial charge in [-0.15, -0.1) is 0 Å². The van der Waals surface area contributed by atoms with E-state index in [4.69, 9.17) is 0 Å². The Balaban J connectivity index is 1.57. The van der Waals surface area contributed by atoms with Crippen LogP contribution in [-0.2, 0) is 0 Å². The van der Waals surface area contributed by atoms with Crippen LogP contribution in [0, 0.1) is 0 Å². The van der Waals surface area contributed by atoms with Crippen LogP contribution in [0.25, 0.3) is 0 Å². The van der Waals surface area contributed by atoms with E-state index in [0.717, 1.165) is 19.0 Å². The van der Waals surface area contributed by atoms with Gasteiger partial charge in [-0.3, -0.25) is 4.90 Å². The Kier molecular flexibility index (Phi) is 3.69. The van der Waals surface area contributed by atoms with Crippen molar-refractivity contribution in [1.82, 2.24) is 10.2 Å². The van der Waals surface area contributed by atoms with Crippen LogP contribution in [0.2, 0.25) is 0 Å². The van der Waals surface area contributed by atoms with Crippen molar-refractivity contribution in [3.05, 3.63) is 0 Å². The molecule has 1 aliphatic heterocycles. The molecule has 2 N–H and O–H groups in total. The van der Waals surface area contributed by atoms with E-state index in [0.29, 0.717) is 12.1 Å². The first-order valence-electron chi connectivity index (χ1n) is 7.52. The third-order valence-electron chi connectivity index (χ3n) is 4.76. The highest BCUT2D eigenvalue weighted by molar-refractivity contribution is 4.92. The zero-order valence-electron chi connectivity index (χ0n) is 10.8. The average Bonchev–Trinajstić information content (AvgIpc) is 3.09. The molecule has 3 heteroatoms. The highest BCUT2D eigenvalue weighted by Crippen LogP contribution is 2.30. The van der Waals surface area contributed by atoms with Crippen molar-refractivity contribution in [1.29, 1.82) is 0 Å². The summed E-state index contributed by atoms with van der Waals surface area (Å²) >= 11 is 0. The molecule has 98 valence electrons. The van der Waals surface area contributed by atoms with Gasteiger partial charge < -0.3 is 10.4 Å². The van der Waals surface area contributed by atoms with Crippen molar-refractivity contribution in [2.24, 2.45) is 0 Å². The van der Waals surface area contributed by atoms with Crippen molar-refractivity contribution in [2.75, 3.05) is 13.1 Å². The van der Waals surface area contributed by atoms with Gasteiger partial charge in [0, 0.05) is 24.7 Å². The van der Waals surface area contributed by atoms with Crippen LogP contribution in [0.4, 0.5) is 0 Å². The minimum Gasteiger partial charge on any atom is -0.391 e. The first-order valence-corrected chi connectivity index (χ1v) is 7.52. The summed E-state index contributed by atoms with van der Waals surface area (Å²) < 4.78 is 0. The molecule has 17 heavy (non-hydrogen) atoms. The molecule has 0 amide bonds. The maximum absolute atomic E-state index is 10.1. The van der Waals surface area contributed by atoms with Crippen molar-refractivity contribution < 1.29 is 5.11 Å². The molecule has 3 unspecified atom stereocenters. The van der Waals surface area contributed by atoms with Crippen LogP contribution in [-0.4, -0.2) is 47.3 Å². The summed E-state index contributed by atoms with van der Waals surface area (Å²) in [6.45, 7) is 2.35. The lowest BCUT2D eigenvalue weighted by atomic mass is 9.98. The van der Waals surface area contributed by atoms with Crippen molar-refractivity contribution in [3.63, 3.8) is 0 Å². The third-order valence-corrected chi connectivity index (χ3v) is 4.76. The number of nitrogens with one attached hydrogen (secondary N) is 1. The van der Waals surface area contributed by atoms with Gasteiger partial charge in [-0.05, 0) is 51.5 Å². The molecule has 2 saturated carbocycles. The van der Waals surface area contributed by atoms with Gasteiger partial charge in [-0.1, -0.05) is 6.42 Å². The monoisotopic (exact) mass is 238 g/mol. The summed E-state index contributed by atoms with van der Waals surface area (Å²) in [6, 6.07) is 1.95. The number of nitrogens with zero attached hydrogens (tertiary/aromatic N) is 1. The molecule has 3 nitrogen and oxygen atoms in total. The molecule has 0 bridgehead atoms. The summed E-state index contributed by atoms with van der Waals surface area (Å²) in [4.78, 5) is 2.62. The molecule has 3 rings (SSSR count). The van der Waals surface area contributed by atoms with Gasteiger partial charge in [0.25, 0.3) is 0 Å². The summed E-state index contributed by atoms with van der Waals surface area (Å²) in [5, 5.41) is 13.8. The van der Waals surface area contributed by atoms with E-state index in [-0.39, 0.29) is 6.10 Å². The molecule has 0 aromatic heterocycles. The van der Waals surface area contributed by atoms with Gasteiger partial charge in [0.05, 0.1) is 6.10 Å². The van der Waals surface area contributed by atoms with Crippen LogP contribution in [0.5, 0.6) is 0 Å². The van der Waals surface area contributed by atoms with Gasteiger partial charge in [-0.2, -0.15) is 0 Å². The number of likely N-dealkylation sites (tertiary alicyclic amines) is 1. The molecule has 0 radical (unpaired) electrons. The second-order valence-electron chi connectivity index (χ2n) is 6.14. The number of piperidine rings is 1. The van der Waals surface area contributed by atoms with Crippen LogP contribution in [0.1, 0.15) is 51.4 Å². The van der Waals surface area contributed by atoms with Crippen molar-refractivity contribution in [3.8, 4) is 0 Å². The summed E-state index contributed by atoms with van der Waals surface area (Å²) in [5.41, 5.74) is 0. The van der Waals surface area contributed by atoms with Gasteiger partial charge in [0.15, 0.2) is 0 Å². The van der Waals surface area contributed by atoms with E-state index >= 15 is 0 Å². The average molecular weight is 238 g/mol. The highest BCUT2D eigenvalue weighted by Gasteiger charge is 2.36. The van der Waals surface area contributed by atoms with E-state index in [1.807, 2.05) is 0 Å². The third kappa shape index (κ3) is 2.83. The molecule has 1 saturated heterocycles. The minimum atomic E-state index is -0.0588. The highest BCUT2D eigenvalue weighted by atomic mass is 16.3. The molecular formula is C14H26N2O. The standard InChI is InChI=1S/C14H26N2O/c17-14-6-3-5-13(14)16-9-2-1-4-12(16)10-15-11-7-8-11/h11-15,17H,1-10H2. The van der Waals surface area contributed by atoms with Crippen LogP contribution in [0.3, 0.4) is 0 Å². The lowest BCUT2D eigenvalue weighted by Crippen LogP contribution is -2.53. The summed E-state index contributed by atoms with van der Waals surface area (Å²) in [5.74, 6) is 0. The SMILES string of the molecule is OC1CCCC1N1CCCCC1CNC1CC1. The fraction of sp³-hybridized carbons (Fsp3) is 1.00. The van der Waals surface area contributed by atoms with E-state index in [1.165, 1.54) is 51.5 Å². The molecule has 3 aliphatic rings. The van der Waals surface area contributed by atoms with E-state index in [1.54, 1.807) is 0 Å². The molecule has 0 spiro atoms. The molecule has 1 heterocycles. The lowest BCUT2D eigenvalue weighted by Gasteiger charge is -2.41. The zero-order valence-corrected chi connectivity index (χ0v) is 10.8. The van der Waals surface area contributed by atoms with E-state index < -0.39 is 0 Å². The topological polar surface area (TPSA) is 35.5 Å². The Morgan fingerprint density at radius 3 is 2.59 bits per heavy atom. The zero-order chi connectivity index (χ0) is 11.7. The van der Waals surface area contributed by atoms with E-state index in [9.17, 15) is 5.11 Å². The van der Waals surface area contributed by atoms with Gasteiger partial charge in [-0.25, -0.2) is 0 Å². The van der Waals surface area contributed by atoms with Gasteiger partial charge in [0.1, 0.15) is 0 Å². The molecule has 3 atom stereocenters. The number of rotatable bonds is 4. The first-order chi connectivity index (χ1) is 8.34. The normalized spacial score (nSPS) is 39.7. The predicted octanol–water partition coefficient (Wildman–Crippen LogP) is 1.51. The quantitative estimate of drug-likeness (QED) is 0.779. The largest absolute Gasteiger partial charge is 0.391 e. The number of aliphatic hydroxyl groups is 1. The molecule has 0 aromatic rings. The molecule has 0 aromatic carbocycles. The Hall–Kier alpha value is -0.120. The number of hydrogen-bond acceptors (Lipinski definition) is 3. The van der Waals surface area contributed by atoms with Gasteiger partial charge in [0.2, 0.25) is 0 Å². The Labute approximate surface area is 105 Å². The number of hydrogen-bond donors (Lipinski definition) is 2. The van der Waals surface area contributed by atoms with Crippen molar-refractivity contribution in [2.45, 2.75) is 75.6 Å². The van der Waals surface area contributed by atoms with Crippen molar-refractivity contribution >= 4 is 0 Å². The Morgan fingerprint density at radius 2 is 1.88 bits per heavy atom. The first kappa shape index (κ1) is 11.9. The maximum Gasteiger partial charge on any atom is 0.0695 e. The molecule has 3 fully saturated rings. The predicted molar refractivity (Wildman–Crippen MR) is 69.0 cm³/mol. The fourth-order valence-corrected chi connectivity index (χ4v) is 3.58. The Bertz CT molecular complexity index is 255. The fourth-order valence-electron chi connectivity index (χ4n) is 3.58. The van der Waals surface area contributed by atoms with Crippen LogP contribution >= 0.6 is 0 Å². The molecule has 2 aliphatic carbocycles. The second kappa shape index (κ2) is 5.25. The molecular weight excluding hydrogens is 212 g/mol. The number of aliphatic hydroxyl groups excluding tert-OH is 1. The smallest absolute Gasteiger partial charge is 0.0695 e. The summed E-state index contributed by atoms with van der Waals surface area (Å²) in [7, 11) is 0.